The summed E-state index contributed by atoms with van der Waals surface area (Å²) >= 11 is 0. The largest absolute Gasteiger partial charge is 0.480 e. The standard InChI is InChI=1S/C34H32N4O4/c39-31-29(30(32(31)40)38-18-8-1-2-9-19-38)36-28(34(41)42)20-22-14-16-25(17-15-22)35-33-26-13-7-6-12-24(26)21-27(37-33)23-10-4-3-5-11-23/h3-7,10-17,21,28,36H,1-2,8-9,18-20H2,(H,35,37)(H,41,42)/t28-/m0/s1. The molecule has 212 valence electrons. The lowest BCUT2D eigenvalue weighted by molar-refractivity contribution is -0.137. The molecule has 1 aliphatic heterocycles. The van der Waals surface area contributed by atoms with Crippen LogP contribution < -0.4 is 26.4 Å². The number of carboxylic acids is 1. The summed E-state index contributed by atoms with van der Waals surface area (Å²) in [5.74, 6) is -0.355. The van der Waals surface area contributed by atoms with Gasteiger partial charge in [0.05, 0.1) is 5.69 Å². The van der Waals surface area contributed by atoms with Gasteiger partial charge in [0.1, 0.15) is 23.2 Å². The molecule has 0 bridgehead atoms. The van der Waals surface area contributed by atoms with Crippen LogP contribution in [0.15, 0.2) is 94.5 Å². The predicted molar refractivity (Wildman–Crippen MR) is 168 cm³/mol. The van der Waals surface area contributed by atoms with Gasteiger partial charge in [0.15, 0.2) is 0 Å². The van der Waals surface area contributed by atoms with Gasteiger partial charge in [-0.2, -0.15) is 0 Å². The summed E-state index contributed by atoms with van der Waals surface area (Å²) in [5.41, 5.74) is 2.78. The highest BCUT2D eigenvalue weighted by molar-refractivity contribution is 5.96. The smallest absolute Gasteiger partial charge is 0.326 e. The zero-order valence-corrected chi connectivity index (χ0v) is 23.2. The van der Waals surface area contributed by atoms with Crippen molar-refractivity contribution in [2.24, 2.45) is 0 Å². The molecule has 1 atom stereocenters. The van der Waals surface area contributed by atoms with Gasteiger partial charge < -0.3 is 20.6 Å². The van der Waals surface area contributed by atoms with E-state index in [0.29, 0.717) is 18.8 Å². The summed E-state index contributed by atoms with van der Waals surface area (Å²) in [6.07, 6.45) is 4.22. The first-order valence-corrected chi connectivity index (χ1v) is 14.4. The molecule has 1 fully saturated rings. The Bertz CT molecular complexity index is 1790. The molecule has 0 amide bonds. The Morgan fingerprint density at radius 3 is 2.26 bits per heavy atom. The van der Waals surface area contributed by atoms with Crippen molar-refractivity contribution in [3.8, 4) is 11.3 Å². The molecular weight excluding hydrogens is 528 g/mol. The fraction of sp³-hybridized carbons (Fsp3) is 0.235. The number of nitrogens with zero attached hydrogens (tertiary/aromatic N) is 2. The minimum Gasteiger partial charge on any atom is -0.480 e. The highest BCUT2D eigenvalue weighted by Crippen LogP contribution is 2.30. The third-order valence-electron chi connectivity index (χ3n) is 7.89. The van der Waals surface area contributed by atoms with Gasteiger partial charge in [-0.1, -0.05) is 79.6 Å². The normalized spacial score (nSPS) is 14.4. The van der Waals surface area contributed by atoms with Crippen LogP contribution in [0.3, 0.4) is 0 Å². The number of benzene rings is 3. The quantitative estimate of drug-likeness (QED) is 0.196. The molecule has 1 aromatic heterocycles. The fourth-order valence-corrected chi connectivity index (χ4v) is 5.63. The lowest BCUT2D eigenvalue weighted by Crippen LogP contribution is -2.46. The van der Waals surface area contributed by atoms with E-state index >= 15 is 0 Å². The third kappa shape index (κ3) is 5.61. The van der Waals surface area contributed by atoms with Crippen LogP contribution in [0.25, 0.3) is 22.0 Å². The lowest BCUT2D eigenvalue weighted by Gasteiger charge is -2.27. The molecule has 0 unspecified atom stereocenters. The van der Waals surface area contributed by atoms with Crippen LogP contribution in [0, 0.1) is 0 Å². The average molecular weight is 561 g/mol. The number of rotatable bonds is 9. The number of hydrogen-bond donors (Lipinski definition) is 3. The second-order valence-corrected chi connectivity index (χ2v) is 10.8. The molecule has 8 heteroatoms. The first kappa shape index (κ1) is 27.2. The van der Waals surface area contributed by atoms with Crippen LogP contribution in [0.4, 0.5) is 22.9 Å². The van der Waals surface area contributed by atoms with E-state index < -0.39 is 22.9 Å². The van der Waals surface area contributed by atoms with E-state index in [0.717, 1.165) is 64.8 Å². The third-order valence-corrected chi connectivity index (χ3v) is 7.89. The van der Waals surface area contributed by atoms with Crippen molar-refractivity contribution in [1.82, 2.24) is 4.98 Å². The van der Waals surface area contributed by atoms with E-state index in [1.54, 1.807) is 0 Å². The topological polar surface area (TPSA) is 112 Å². The summed E-state index contributed by atoms with van der Waals surface area (Å²) in [6, 6.07) is 26.6. The maximum absolute atomic E-state index is 12.4. The maximum Gasteiger partial charge on any atom is 0.326 e. The number of carboxylic acid groups (broad SMARTS) is 1. The average Bonchev–Trinajstić information content (AvgIpc) is 3.30. The van der Waals surface area contributed by atoms with E-state index in [4.69, 9.17) is 4.98 Å². The fourth-order valence-electron chi connectivity index (χ4n) is 5.63. The van der Waals surface area contributed by atoms with Crippen molar-refractivity contribution in [2.75, 3.05) is 28.6 Å². The van der Waals surface area contributed by atoms with Crippen molar-refractivity contribution in [3.05, 3.63) is 111 Å². The van der Waals surface area contributed by atoms with Gasteiger partial charge in [-0.3, -0.25) is 9.59 Å². The number of fused-ring (bicyclic) bond motifs is 1. The van der Waals surface area contributed by atoms with Crippen LogP contribution in [0.1, 0.15) is 31.2 Å². The summed E-state index contributed by atoms with van der Waals surface area (Å²) in [7, 11) is 0. The molecule has 1 aliphatic rings. The number of anilines is 4. The number of aromatic nitrogens is 1. The molecular formula is C34H32N4O4. The number of pyridine rings is 1. The number of hydrogen-bond acceptors (Lipinski definition) is 7. The van der Waals surface area contributed by atoms with Gasteiger partial charge >= 0.3 is 5.97 Å². The monoisotopic (exact) mass is 560 g/mol. The van der Waals surface area contributed by atoms with Crippen LogP contribution in [0.2, 0.25) is 0 Å². The van der Waals surface area contributed by atoms with Crippen molar-refractivity contribution in [1.29, 1.82) is 0 Å². The summed E-state index contributed by atoms with van der Waals surface area (Å²) in [5, 5.41) is 18.3. The van der Waals surface area contributed by atoms with Crippen molar-refractivity contribution in [3.63, 3.8) is 0 Å². The molecule has 0 aliphatic carbocycles. The zero-order valence-electron chi connectivity index (χ0n) is 23.2. The molecule has 0 radical (unpaired) electrons. The van der Waals surface area contributed by atoms with E-state index in [-0.39, 0.29) is 12.1 Å². The van der Waals surface area contributed by atoms with Gasteiger partial charge in [-0.05, 0) is 42.0 Å². The Hall–Kier alpha value is -4.98. The first-order chi connectivity index (χ1) is 20.5. The van der Waals surface area contributed by atoms with E-state index in [1.807, 2.05) is 77.7 Å². The Kier molecular flexibility index (Phi) is 7.68. The molecule has 42 heavy (non-hydrogen) atoms. The van der Waals surface area contributed by atoms with Crippen LogP contribution >= 0.6 is 0 Å². The Morgan fingerprint density at radius 1 is 0.857 bits per heavy atom. The van der Waals surface area contributed by atoms with Gasteiger partial charge in [-0.15, -0.1) is 0 Å². The Balaban J connectivity index is 1.20. The minimum absolute atomic E-state index is 0.129. The summed E-state index contributed by atoms with van der Waals surface area (Å²) in [4.78, 5) is 43.9. The molecule has 0 saturated carbocycles. The van der Waals surface area contributed by atoms with Crippen LogP contribution in [-0.2, 0) is 11.2 Å². The summed E-state index contributed by atoms with van der Waals surface area (Å²) in [6.45, 7) is 1.40. The van der Waals surface area contributed by atoms with Gasteiger partial charge in [-0.25, -0.2) is 9.78 Å². The lowest BCUT2D eigenvalue weighted by atomic mass is 10.0. The SMILES string of the molecule is O=C(O)[C@H](Cc1ccc(Nc2nc(-c3ccccc3)cc3ccccc23)cc1)Nc1c(N2CCCCCC2)c(=O)c1=O. The number of carbonyl (C=O) groups is 1. The molecule has 0 spiro atoms. The van der Waals surface area contributed by atoms with E-state index in [2.05, 4.69) is 22.8 Å². The molecule has 5 aromatic rings. The molecule has 2 heterocycles. The van der Waals surface area contributed by atoms with Crippen LogP contribution in [0.5, 0.6) is 0 Å². The molecule has 3 N–H and O–H groups in total. The molecule has 1 saturated heterocycles. The minimum atomic E-state index is -1.08. The molecule has 6 rings (SSSR count). The Labute approximate surface area is 243 Å². The van der Waals surface area contributed by atoms with Crippen molar-refractivity contribution < 1.29 is 9.90 Å². The predicted octanol–water partition coefficient (Wildman–Crippen LogP) is 5.73. The second-order valence-electron chi connectivity index (χ2n) is 10.8. The maximum atomic E-state index is 12.4. The highest BCUT2D eigenvalue weighted by atomic mass is 16.4. The van der Waals surface area contributed by atoms with Crippen molar-refractivity contribution in [2.45, 2.75) is 38.1 Å². The van der Waals surface area contributed by atoms with Crippen LogP contribution in [-0.4, -0.2) is 35.2 Å². The van der Waals surface area contributed by atoms with Gasteiger partial charge in [0.25, 0.3) is 10.9 Å². The molecule has 4 aromatic carbocycles. The highest BCUT2D eigenvalue weighted by Gasteiger charge is 2.30. The van der Waals surface area contributed by atoms with Gasteiger partial charge in [0.2, 0.25) is 0 Å². The summed E-state index contributed by atoms with van der Waals surface area (Å²) < 4.78 is 0. The number of aliphatic carboxylic acids is 1. The van der Waals surface area contributed by atoms with Crippen molar-refractivity contribution >= 4 is 39.6 Å². The molecule has 8 nitrogen and oxygen atoms in total. The zero-order chi connectivity index (χ0) is 29.1. The Morgan fingerprint density at radius 2 is 1.55 bits per heavy atom. The van der Waals surface area contributed by atoms with E-state index in [9.17, 15) is 19.5 Å². The first-order valence-electron chi connectivity index (χ1n) is 14.4. The van der Waals surface area contributed by atoms with Gasteiger partial charge in [0, 0.05) is 36.1 Å². The number of nitrogens with one attached hydrogen (secondary N) is 2. The van der Waals surface area contributed by atoms with E-state index in [1.165, 1.54) is 0 Å². The second kappa shape index (κ2) is 11.9.